The number of carbonyl (C=O) groups is 1. The predicted octanol–water partition coefficient (Wildman–Crippen LogP) is 2.33. The summed E-state index contributed by atoms with van der Waals surface area (Å²) in [4.78, 5) is 11.0. The molecule has 11 heavy (non-hydrogen) atoms. The van der Waals surface area contributed by atoms with E-state index >= 15 is 0 Å². The highest BCUT2D eigenvalue weighted by Gasteiger charge is 2.19. The normalized spacial score (nSPS) is 10.9. The van der Waals surface area contributed by atoms with Crippen molar-refractivity contribution in [3.05, 3.63) is 12.2 Å². The lowest BCUT2D eigenvalue weighted by Gasteiger charge is -2.16. The molecule has 0 N–H and O–H groups in total. The summed E-state index contributed by atoms with van der Waals surface area (Å²) in [6, 6.07) is 0. The number of hydrogen-bond donors (Lipinski definition) is 0. The van der Waals surface area contributed by atoms with Gasteiger partial charge in [-0.15, -0.1) is 0 Å². The van der Waals surface area contributed by atoms with Crippen LogP contribution in [0.2, 0.25) is 19.6 Å². The highest BCUT2D eigenvalue weighted by Crippen LogP contribution is 2.06. The van der Waals surface area contributed by atoms with Gasteiger partial charge in [0.1, 0.15) is 0 Å². The average Bonchev–Trinajstić information content (AvgIpc) is 1.53. The van der Waals surface area contributed by atoms with Crippen molar-refractivity contribution in [2.24, 2.45) is 0 Å². The van der Waals surface area contributed by atoms with Crippen LogP contribution in [0.5, 0.6) is 0 Å². The monoisotopic (exact) mass is 172 g/mol. The summed E-state index contributed by atoms with van der Waals surface area (Å²) in [6.07, 6.45) is 0.351. The van der Waals surface area contributed by atoms with Crippen LogP contribution in [-0.2, 0) is 9.22 Å². The summed E-state index contributed by atoms with van der Waals surface area (Å²) < 4.78 is 5.19. The summed E-state index contributed by atoms with van der Waals surface area (Å²) in [5.74, 6) is -0.142. The summed E-state index contributed by atoms with van der Waals surface area (Å²) in [5, 5.41) is 0. The van der Waals surface area contributed by atoms with Gasteiger partial charge in [-0.2, -0.15) is 0 Å². The van der Waals surface area contributed by atoms with Crippen LogP contribution in [0.1, 0.15) is 13.3 Å². The Hall–Kier alpha value is -0.573. The first-order chi connectivity index (χ1) is 4.81. The summed E-state index contributed by atoms with van der Waals surface area (Å²) >= 11 is 0. The molecule has 3 heteroatoms. The van der Waals surface area contributed by atoms with Gasteiger partial charge in [0.25, 0.3) is 5.97 Å². The third-order valence-corrected chi connectivity index (χ3v) is 1.71. The third kappa shape index (κ3) is 7.32. The van der Waals surface area contributed by atoms with Gasteiger partial charge in [0.2, 0.25) is 8.32 Å². The highest BCUT2D eigenvalue weighted by atomic mass is 28.4. The fourth-order valence-electron chi connectivity index (χ4n) is 0.624. The van der Waals surface area contributed by atoms with Crippen LogP contribution >= 0.6 is 0 Å². The van der Waals surface area contributed by atoms with E-state index in [4.69, 9.17) is 4.43 Å². The molecule has 0 spiro atoms. The van der Waals surface area contributed by atoms with Crippen molar-refractivity contribution in [2.75, 3.05) is 0 Å². The molecular formula is C8H16O2Si. The van der Waals surface area contributed by atoms with Gasteiger partial charge in [-0.3, -0.25) is 4.79 Å². The summed E-state index contributed by atoms with van der Waals surface area (Å²) in [5.41, 5.74) is 0.855. The van der Waals surface area contributed by atoms with Crippen molar-refractivity contribution in [1.29, 1.82) is 0 Å². The minimum Gasteiger partial charge on any atom is -0.520 e. The molecule has 0 aliphatic heterocycles. The zero-order valence-electron chi connectivity index (χ0n) is 7.73. The first-order valence-electron chi connectivity index (χ1n) is 3.67. The lowest BCUT2D eigenvalue weighted by molar-refractivity contribution is -0.134. The maximum absolute atomic E-state index is 11.0. The molecule has 0 aromatic heterocycles. The van der Waals surface area contributed by atoms with E-state index in [1.807, 2.05) is 26.6 Å². The molecule has 0 aliphatic carbocycles. The van der Waals surface area contributed by atoms with E-state index in [9.17, 15) is 4.79 Å². The van der Waals surface area contributed by atoms with E-state index in [0.717, 1.165) is 5.57 Å². The molecule has 0 fully saturated rings. The Morgan fingerprint density at radius 2 is 1.91 bits per heavy atom. The maximum atomic E-state index is 11.0. The van der Waals surface area contributed by atoms with E-state index in [0.29, 0.717) is 6.42 Å². The van der Waals surface area contributed by atoms with Gasteiger partial charge in [0, 0.05) is 0 Å². The topological polar surface area (TPSA) is 26.3 Å². The molecule has 0 aliphatic rings. The molecule has 0 amide bonds. The fourth-order valence-corrected chi connectivity index (χ4v) is 1.38. The molecule has 0 saturated heterocycles. The van der Waals surface area contributed by atoms with Crippen molar-refractivity contribution < 1.29 is 9.22 Å². The van der Waals surface area contributed by atoms with Crippen LogP contribution in [0, 0.1) is 0 Å². The van der Waals surface area contributed by atoms with Gasteiger partial charge < -0.3 is 4.43 Å². The minimum atomic E-state index is -1.68. The molecule has 0 aromatic carbocycles. The van der Waals surface area contributed by atoms with Gasteiger partial charge in [-0.1, -0.05) is 12.2 Å². The molecular weight excluding hydrogens is 156 g/mol. The van der Waals surface area contributed by atoms with Crippen LogP contribution in [-0.4, -0.2) is 14.3 Å². The lowest BCUT2D eigenvalue weighted by atomic mass is 10.2. The quantitative estimate of drug-likeness (QED) is 0.482. The molecule has 0 aromatic rings. The van der Waals surface area contributed by atoms with Crippen molar-refractivity contribution in [3.63, 3.8) is 0 Å². The molecule has 2 nitrogen and oxygen atoms in total. The molecule has 0 rings (SSSR count). The van der Waals surface area contributed by atoms with Crippen LogP contribution in [0.25, 0.3) is 0 Å². The van der Waals surface area contributed by atoms with E-state index in [1.54, 1.807) is 0 Å². The Labute approximate surface area is 69.4 Å². The third-order valence-electron chi connectivity index (χ3n) is 0.866. The second-order valence-corrected chi connectivity index (χ2v) is 8.15. The smallest absolute Gasteiger partial charge is 0.296 e. The SMILES string of the molecule is C=C(C)CC(=O)O[Si](C)(C)C. The number of hydrogen-bond acceptors (Lipinski definition) is 2. The van der Waals surface area contributed by atoms with E-state index in [2.05, 4.69) is 6.58 Å². The van der Waals surface area contributed by atoms with Crippen LogP contribution in [0.3, 0.4) is 0 Å². The Morgan fingerprint density at radius 1 is 1.45 bits per heavy atom. The fraction of sp³-hybridized carbons (Fsp3) is 0.625. The van der Waals surface area contributed by atoms with Gasteiger partial charge in [-0.05, 0) is 26.6 Å². The number of rotatable bonds is 3. The first-order valence-corrected chi connectivity index (χ1v) is 7.08. The maximum Gasteiger partial charge on any atom is 0.296 e. The molecule has 0 radical (unpaired) electrons. The second-order valence-electron chi connectivity index (χ2n) is 3.72. The van der Waals surface area contributed by atoms with Crippen molar-refractivity contribution in [2.45, 2.75) is 33.0 Å². The van der Waals surface area contributed by atoms with E-state index < -0.39 is 8.32 Å². The van der Waals surface area contributed by atoms with Crippen molar-refractivity contribution >= 4 is 14.3 Å². The summed E-state index contributed by atoms with van der Waals surface area (Å²) in [7, 11) is -1.68. The predicted molar refractivity (Wildman–Crippen MR) is 48.9 cm³/mol. The van der Waals surface area contributed by atoms with Gasteiger partial charge in [-0.25, -0.2) is 0 Å². The zero-order chi connectivity index (χ0) is 9.07. The van der Waals surface area contributed by atoms with Gasteiger partial charge >= 0.3 is 0 Å². The number of carbonyl (C=O) groups excluding carboxylic acids is 1. The largest absolute Gasteiger partial charge is 0.520 e. The molecule has 0 unspecified atom stereocenters. The lowest BCUT2D eigenvalue weighted by Crippen LogP contribution is -2.29. The van der Waals surface area contributed by atoms with Gasteiger partial charge in [0.05, 0.1) is 6.42 Å². The zero-order valence-corrected chi connectivity index (χ0v) is 8.73. The molecule has 0 atom stereocenters. The second kappa shape index (κ2) is 3.71. The Morgan fingerprint density at radius 3 is 2.18 bits per heavy atom. The van der Waals surface area contributed by atoms with E-state index in [1.165, 1.54) is 0 Å². The van der Waals surface area contributed by atoms with Crippen molar-refractivity contribution in [1.82, 2.24) is 0 Å². The Bertz CT molecular complexity index is 167. The Kier molecular flexibility index (Phi) is 3.52. The van der Waals surface area contributed by atoms with Gasteiger partial charge in [0.15, 0.2) is 0 Å². The van der Waals surface area contributed by atoms with Crippen LogP contribution in [0.15, 0.2) is 12.2 Å². The molecule has 0 heterocycles. The average molecular weight is 172 g/mol. The molecule has 0 saturated carbocycles. The molecule has 64 valence electrons. The summed E-state index contributed by atoms with van der Waals surface area (Å²) in [6.45, 7) is 11.4. The Balaban J connectivity index is 3.80. The standard InChI is InChI=1S/C8H16O2Si/c1-7(2)6-8(9)10-11(3,4)5/h1,6H2,2-5H3. The highest BCUT2D eigenvalue weighted by molar-refractivity contribution is 6.71. The van der Waals surface area contributed by atoms with Crippen molar-refractivity contribution in [3.8, 4) is 0 Å². The first kappa shape index (κ1) is 10.4. The minimum absolute atomic E-state index is 0.142. The van der Waals surface area contributed by atoms with Crippen LogP contribution in [0.4, 0.5) is 0 Å². The van der Waals surface area contributed by atoms with E-state index in [-0.39, 0.29) is 5.97 Å². The van der Waals surface area contributed by atoms with Crippen LogP contribution < -0.4 is 0 Å². The molecule has 0 bridgehead atoms.